The zero-order chi connectivity index (χ0) is 23.5. The molecule has 1 aromatic heterocycles. The Labute approximate surface area is 186 Å². The molecule has 1 aromatic rings. The van der Waals surface area contributed by atoms with Crippen molar-refractivity contribution in [2.75, 3.05) is 11.5 Å². The van der Waals surface area contributed by atoms with Crippen LogP contribution in [0.15, 0.2) is 39.7 Å². The number of rotatable bonds is 8. The standard InChI is InChI=1S/C21H30N4O6S/c1-3-11-22-19(27)23(12-4-2)21(29)24(20(22)28)14-18(26)25(16-8-6-5-7-9-16)17-10-13-32(30,31)15-17/h3-4,16-17H,1-2,5-15H2. The molecule has 0 radical (unpaired) electrons. The topological polar surface area (TPSA) is 120 Å². The van der Waals surface area contributed by atoms with E-state index < -0.39 is 45.4 Å². The minimum absolute atomic E-state index is 0.0183. The lowest BCUT2D eigenvalue weighted by Gasteiger charge is -2.38. The lowest BCUT2D eigenvalue weighted by molar-refractivity contribution is -0.137. The molecule has 1 atom stereocenters. The van der Waals surface area contributed by atoms with Crippen molar-refractivity contribution in [1.82, 2.24) is 18.6 Å². The SMILES string of the molecule is C=CCn1c(=O)n(CC=C)c(=O)n(CC(=O)N(C2CCCCC2)C2CCS(=O)(=O)C2)c1=O. The Balaban J connectivity index is 2.02. The zero-order valence-corrected chi connectivity index (χ0v) is 19.0. The van der Waals surface area contributed by atoms with E-state index in [4.69, 9.17) is 0 Å². The van der Waals surface area contributed by atoms with Crippen LogP contribution in [0.5, 0.6) is 0 Å². The van der Waals surface area contributed by atoms with Gasteiger partial charge in [-0.05, 0) is 19.3 Å². The molecule has 1 aliphatic heterocycles. The molecule has 1 saturated carbocycles. The van der Waals surface area contributed by atoms with Crippen LogP contribution in [0.2, 0.25) is 0 Å². The highest BCUT2D eigenvalue weighted by Crippen LogP contribution is 2.28. The van der Waals surface area contributed by atoms with Crippen LogP contribution in [0, 0.1) is 0 Å². The minimum atomic E-state index is -3.23. The lowest BCUT2D eigenvalue weighted by Crippen LogP contribution is -2.57. The van der Waals surface area contributed by atoms with Gasteiger partial charge in [-0.1, -0.05) is 31.4 Å². The van der Waals surface area contributed by atoms with Crippen molar-refractivity contribution in [3.63, 3.8) is 0 Å². The average Bonchev–Trinajstić information content (AvgIpc) is 3.11. The summed E-state index contributed by atoms with van der Waals surface area (Å²) < 4.78 is 26.6. The van der Waals surface area contributed by atoms with E-state index in [9.17, 15) is 27.6 Å². The Bertz CT molecular complexity index is 1120. The van der Waals surface area contributed by atoms with Gasteiger partial charge in [-0.15, -0.1) is 13.2 Å². The quantitative estimate of drug-likeness (QED) is 0.493. The summed E-state index contributed by atoms with van der Waals surface area (Å²) in [6, 6.07) is -0.597. The first kappa shape index (κ1) is 24.0. The van der Waals surface area contributed by atoms with E-state index in [1.54, 1.807) is 4.90 Å². The Morgan fingerprint density at radius 3 is 1.88 bits per heavy atom. The fourth-order valence-electron chi connectivity index (χ4n) is 4.66. The summed E-state index contributed by atoms with van der Waals surface area (Å²) in [4.78, 5) is 53.3. The predicted molar refractivity (Wildman–Crippen MR) is 120 cm³/mol. The minimum Gasteiger partial charge on any atom is -0.334 e. The molecule has 2 heterocycles. The summed E-state index contributed by atoms with van der Waals surface area (Å²) >= 11 is 0. The molecule has 1 saturated heterocycles. The Morgan fingerprint density at radius 2 is 1.41 bits per heavy atom. The molecular weight excluding hydrogens is 436 g/mol. The first-order valence-corrected chi connectivity index (χ1v) is 12.7. The molecule has 0 N–H and O–H groups in total. The van der Waals surface area contributed by atoms with Crippen LogP contribution < -0.4 is 17.1 Å². The van der Waals surface area contributed by atoms with Crippen molar-refractivity contribution in [3.05, 3.63) is 56.8 Å². The van der Waals surface area contributed by atoms with E-state index in [-0.39, 0.29) is 30.6 Å². The molecule has 2 aliphatic rings. The second-order valence-corrected chi connectivity index (χ2v) is 10.6. The van der Waals surface area contributed by atoms with Gasteiger partial charge in [0.25, 0.3) is 0 Å². The maximum absolute atomic E-state index is 13.4. The fourth-order valence-corrected chi connectivity index (χ4v) is 6.38. The fraction of sp³-hybridized carbons (Fsp3) is 0.619. The van der Waals surface area contributed by atoms with Gasteiger partial charge in [-0.2, -0.15) is 0 Å². The highest BCUT2D eigenvalue weighted by Gasteiger charge is 2.38. The molecule has 0 aromatic carbocycles. The molecule has 11 heteroatoms. The Hall–Kier alpha value is -2.69. The maximum Gasteiger partial charge on any atom is 0.337 e. The second kappa shape index (κ2) is 9.85. The molecule has 10 nitrogen and oxygen atoms in total. The van der Waals surface area contributed by atoms with Crippen LogP contribution in [0.1, 0.15) is 38.5 Å². The van der Waals surface area contributed by atoms with Crippen LogP contribution in [0.25, 0.3) is 0 Å². The van der Waals surface area contributed by atoms with E-state index in [2.05, 4.69) is 13.2 Å². The number of carbonyl (C=O) groups excluding carboxylic acids is 1. The summed E-state index contributed by atoms with van der Waals surface area (Å²) in [6.45, 7) is 6.28. The normalized spacial score (nSPS) is 20.7. The first-order valence-electron chi connectivity index (χ1n) is 10.9. The lowest BCUT2D eigenvalue weighted by atomic mass is 9.93. The highest BCUT2D eigenvalue weighted by atomic mass is 32.2. The molecule has 32 heavy (non-hydrogen) atoms. The van der Waals surface area contributed by atoms with Crippen LogP contribution in [-0.2, 0) is 34.3 Å². The number of hydrogen-bond donors (Lipinski definition) is 0. The molecule has 3 rings (SSSR count). The van der Waals surface area contributed by atoms with Crippen LogP contribution in [0.3, 0.4) is 0 Å². The van der Waals surface area contributed by atoms with E-state index in [1.165, 1.54) is 12.2 Å². The van der Waals surface area contributed by atoms with Crippen molar-refractivity contribution < 1.29 is 13.2 Å². The summed E-state index contributed by atoms with van der Waals surface area (Å²) in [5, 5.41) is 0. The Kier molecular flexibility index (Phi) is 7.37. The Morgan fingerprint density at radius 1 is 0.875 bits per heavy atom. The van der Waals surface area contributed by atoms with E-state index in [1.807, 2.05) is 0 Å². The van der Waals surface area contributed by atoms with Gasteiger partial charge in [-0.25, -0.2) is 36.5 Å². The maximum atomic E-state index is 13.4. The van der Waals surface area contributed by atoms with Crippen molar-refractivity contribution in [1.29, 1.82) is 0 Å². The third-order valence-electron chi connectivity index (χ3n) is 6.16. The summed E-state index contributed by atoms with van der Waals surface area (Å²) in [7, 11) is -3.23. The van der Waals surface area contributed by atoms with Crippen LogP contribution in [-0.4, -0.2) is 56.5 Å². The molecule has 1 amide bonds. The number of amides is 1. The smallest absolute Gasteiger partial charge is 0.334 e. The number of aromatic nitrogens is 3. The third kappa shape index (κ3) is 4.87. The number of carbonyl (C=O) groups is 1. The van der Waals surface area contributed by atoms with Crippen molar-refractivity contribution in [3.8, 4) is 0 Å². The average molecular weight is 467 g/mol. The molecule has 1 aliphatic carbocycles. The molecule has 0 bridgehead atoms. The van der Waals surface area contributed by atoms with Gasteiger partial charge in [0, 0.05) is 12.1 Å². The van der Waals surface area contributed by atoms with Gasteiger partial charge in [-0.3, -0.25) is 4.79 Å². The third-order valence-corrected chi connectivity index (χ3v) is 7.91. The molecule has 2 fully saturated rings. The zero-order valence-electron chi connectivity index (χ0n) is 18.1. The monoisotopic (exact) mass is 466 g/mol. The number of hydrogen-bond acceptors (Lipinski definition) is 6. The van der Waals surface area contributed by atoms with E-state index >= 15 is 0 Å². The van der Waals surface area contributed by atoms with Gasteiger partial charge < -0.3 is 4.90 Å². The van der Waals surface area contributed by atoms with Crippen molar-refractivity contribution in [2.45, 2.75) is 70.2 Å². The second-order valence-electron chi connectivity index (χ2n) is 8.38. The van der Waals surface area contributed by atoms with E-state index in [0.29, 0.717) is 6.42 Å². The summed E-state index contributed by atoms with van der Waals surface area (Å²) in [5.41, 5.74) is -2.58. The first-order chi connectivity index (χ1) is 15.2. The van der Waals surface area contributed by atoms with Gasteiger partial charge in [0.1, 0.15) is 6.54 Å². The molecule has 176 valence electrons. The molecule has 0 spiro atoms. The van der Waals surface area contributed by atoms with Gasteiger partial charge >= 0.3 is 17.1 Å². The highest BCUT2D eigenvalue weighted by molar-refractivity contribution is 7.91. The van der Waals surface area contributed by atoms with Crippen molar-refractivity contribution in [2.24, 2.45) is 0 Å². The van der Waals surface area contributed by atoms with Crippen LogP contribution in [0.4, 0.5) is 0 Å². The van der Waals surface area contributed by atoms with Gasteiger partial charge in [0.15, 0.2) is 9.84 Å². The summed E-state index contributed by atoms with van der Waals surface area (Å²) in [6.07, 6.45) is 7.50. The summed E-state index contributed by atoms with van der Waals surface area (Å²) in [5.74, 6) is -0.571. The molecular formula is C21H30N4O6S. The largest absolute Gasteiger partial charge is 0.337 e. The number of nitrogens with zero attached hydrogens (tertiary/aromatic N) is 4. The van der Waals surface area contributed by atoms with Crippen molar-refractivity contribution >= 4 is 15.7 Å². The van der Waals surface area contributed by atoms with Crippen LogP contribution >= 0.6 is 0 Å². The predicted octanol–water partition coefficient (Wildman–Crippen LogP) is -0.108. The van der Waals surface area contributed by atoms with Gasteiger partial charge in [0.2, 0.25) is 5.91 Å². The number of allylic oxidation sites excluding steroid dienone is 2. The van der Waals surface area contributed by atoms with E-state index in [0.717, 1.165) is 45.8 Å². The number of sulfone groups is 1. The molecule has 1 unspecified atom stereocenters. The van der Waals surface area contributed by atoms with Gasteiger partial charge in [0.05, 0.1) is 24.6 Å².